The fraction of sp³-hybridized carbons (Fsp3) is 0.548. The van der Waals surface area contributed by atoms with Gasteiger partial charge in [0, 0.05) is 24.9 Å². The number of carbonyl (C=O) groups excluding carboxylic acids is 1. The van der Waals surface area contributed by atoms with E-state index in [4.69, 9.17) is 19.9 Å². The average molecular weight is 645 g/mol. The van der Waals surface area contributed by atoms with E-state index in [9.17, 15) is 18.3 Å². The molecule has 3 saturated heterocycles. The van der Waals surface area contributed by atoms with Crippen molar-refractivity contribution in [3.8, 4) is 0 Å². The number of nitrogens with two attached hydrogens (primary N) is 1. The van der Waals surface area contributed by atoms with E-state index in [2.05, 4.69) is 10.3 Å². The highest BCUT2D eigenvalue weighted by molar-refractivity contribution is 7.89. The Labute approximate surface area is 261 Å². The van der Waals surface area contributed by atoms with Gasteiger partial charge in [0.25, 0.3) is 0 Å². The maximum absolute atomic E-state index is 13.9. The SMILES string of the molecule is CC(C)CN(C[C@@H](O)[C@H](Cc1ccccc1)NC(=O)OC1C2CCC3CC1OC3OC2)S(=O)(=O)c1ccc2nc(N)sc2c1. The van der Waals surface area contributed by atoms with Gasteiger partial charge < -0.3 is 30.4 Å². The first-order valence-electron chi connectivity index (χ1n) is 15.2. The molecule has 11 nitrogen and oxygen atoms in total. The minimum atomic E-state index is -4.01. The number of fused-ring (bicyclic) bond motifs is 3. The molecule has 7 atom stereocenters. The van der Waals surface area contributed by atoms with Crippen LogP contribution in [0.25, 0.3) is 10.2 Å². The average Bonchev–Trinajstić information content (AvgIpc) is 3.38. The van der Waals surface area contributed by atoms with Crippen LogP contribution in [0.1, 0.15) is 38.7 Å². The number of alkyl carbamates (subject to hydrolysis) is 1. The van der Waals surface area contributed by atoms with Gasteiger partial charge in [0.2, 0.25) is 10.0 Å². The van der Waals surface area contributed by atoms with Crippen molar-refractivity contribution in [3.05, 3.63) is 54.1 Å². The zero-order valence-electron chi connectivity index (χ0n) is 24.9. The number of nitrogens with zero attached hydrogens (tertiary/aromatic N) is 2. The van der Waals surface area contributed by atoms with Gasteiger partial charge in [-0.3, -0.25) is 0 Å². The molecule has 2 aromatic carbocycles. The number of rotatable bonds is 11. The third-order valence-electron chi connectivity index (χ3n) is 8.73. The summed E-state index contributed by atoms with van der Waals surface area (Å²) in [4.78, 5) is 17.7. The number of carbonyl (C=O) groups is 1. The summed E-state index contributed by atoms with van der Waals surface area (Å²) in [6, 6.07) is 13.3. The van der Waals surface area contributed by atoms with Crippen LogP contribution in [0, 0.1) is 17.8 Å². The van der Waals surface area contributed by atoms with E-state index in [0.717, 1.165) is 24.8 Å². The van der Waals surface area contributed by atoms with E-state index in [1.165, 1.54) is 21.7 Å². The highest BCUT2D eigenvalue weighted by Crippen LogP contribution is 2.44. The van der Waals surface area contributed by atoms with Crippen LogP contribution in [0.2, 0.25) is 0 Å². The first-order valence-corrected chi connectivity index (χ1v) is 17.4. The zero-order chi connectivity index (χ0) is 31.0. The number of benzene rings is 2. The van der Waals surface area contributed by atoms with Gasteiger partial charge in [0.05, 0.1) is 40.0 Å². The largest absolute Gasteiger partial charge is 0.443 e. The number of nitrogens with one attached hydrogen (secondary N) is 1. The molecule has 4 fully saturated rings. The molecule has 7 rings (SSSR count). The molecule has 1 saturated carbocycles. The molecule has 13 heteroatoms. The number of aliphatic hydroxyl groups excluding tert-OH is 1. The van der Waals surface area contributed by atoms with E-state index in [0.29, 0.717) is 27.9 Å². The number of anilines is 1. The van der Waals surface area contributed by atoms with Crippen molar-refractivity contribution in [2.75, 3.05) is 25.4 Å². The molecule has 238 valence electrons. The molecule has 4 aliphatic rings. The van der Waals surface area contributed by atoms with Crippen molar-refractivity contribution in [1.29, 1.82) is 0 Å². The van der Waals surface area contributed by atoms with Gasteiger partial charge in [0.1, 0.15) is 6.10 Å². The van der Waals surface area contributed by atoms with Gasteiger partial charge in [-0.2, -0.15) is 4.31 Å². The number of nitrogen functional groups attached to an aromatic ring is 1. The van der Waals surface area contributed by atoms with Crippen LogP contribution < -0.4 is 11.1 Å². The molecule has 1 amide bonds. The Hall–Kier alpha value is -2.81. The van der Waals surface area contributed by atoms with Crippen LogP contribution in [0.4, 0.5) is 9.93 Å². The Kier molecular flexibility index (Phi) is 9.14. The third-order valence-corrected chi connectivity index (χ3v) is 11.4. The Bertz CT molecular complexity index is 1550. The maximum atomic E-state index is 13.9. The van der Waals surface area contributed by atoms with Crippen molar-refractivity contribution in [2.45, 2.75) is 75.1 Å². The number of sulfonamides is 1. The quantitative estimate of drug-likeness (QED) is 0.283. The molecule has 3 aliphatic heterocycles. The summed E-state index contributed by atoms with van der Waals surface area (Å²) in [7, 11) is -4.01. The number of hydrogen-bond donors (Lipinski definition) is 3. The Morgan fingerprint density at radius 1 is 1.18 bits per heavy atom. The second-order valence-electron chi connectivity index (χ2n) is 12.5. The van der Waals surface area contributed by atoms with Gasteiger partial charge in [-0.15, -0.1) is 0 Å². The molecule has 1 aliphatic carbocycles. The highest BCUT2D eigenvalue weighted by Gasteiger charge is 2.50. The fourth-order valence-electron chi connectivity index (χ4n) is 6.56. The minimum Gasteiger partial charge on any atom is -0.443 e. The van der Waals surface area contributed by atoms with E-state index < -0.39 is 34.4 Å². The lowest BCUT2D eigenvalue weighted by molar-refractivity contribution is -0.139. The number of ether oxygens (including phenoxy) is 3. The predicted molar refractivity (Wildman–Crippen MR) is 166 cm³/mol. The summed E-state index contributed by atoms with van der Waals surface area (Å²) >= 11 is 1.22. The lowest BCUT2D eigenvalue weighted by Gasteiger charge is -2.32. The van der Waals surface area contributed by atoms with E-state index >= 15 is 0 Å². The summed E-state index contributed by atoms with van der Waals surface area (Å²) < 4.78 is 47.8. The van der Waals surface area contributed by atoms with Crippen LogP contribution in [0.5, 0.6) is 0 Å². The first-order chi connectivity index (χ1) is 21.1. The number of aliphatic hydroxyl groups is 1. The van der Waals surface area contributed by atoms with E-state index in [-0.39, 0.29) is 48.6 Å². The van der Waals surface area contributed by atoms with Crippen molar-refractivity contribution in [1.82, 2.24) is 14.6 Å². The van der Waals surface area contributed by atoms with Crippen LogP contribution >= 0.6 is 11.3 Å². The first kappa shape index (κ1) is 31.2. The normalized spacial score (nSPS) is 26.2. The third kappa shape index (κ3) is 6.73. The molecule has 4 heterocycles. The highest BCUT2D eigenvalue weighted by atomic mass is 32.2. The monoisotopic (exact) mass is 644 g/mol. The Balaban J connectivity index is 1.21. The van der Waals surface area contributed by atoms with Gasteiger partial charge in [-0.25, -0.2) is 18.2 Å². The van der Waals surface area contributed by atoms with Crippen molar-refractivity contribution >= 4 is 42.8 Å². The van der Waals surface area contributed by atoms with Gasteiger partial charge in [-0.1, -0.05) is 55.5 Å². The van der Waals surface area contributed by atoms with E-state index in [1.54, 1.807) is 12.1 Å². The van der Waals surface area contributed by atoms with E-state index in [1.807, 2.05) is 44.2 Å². The van der Waals surface area contributed by atoms with Crippen molar-refractivity contribution in [2.24, 2.45) is 17.8 Å². The van der Waals surface area contributed by atoms with Crippen LogP contribution in [-0.4, -0.2) is 79.2 Å². The number of aromatic nitrogens is 1. The summed E-state index contributed by atoms with van der Waals surface area (Å²) in [5, 5.41) is 14.8. The molecular weight excluding hydrogens is 604 g/mol. The van der Waals surface area contributed by atoms with Gasteiger partial charge >= 0.3 is 6.09 Å². The minimum absolute atomic E-state index is 0.0202. The summed E-state index contributed by atoms with van der Waals surface area (Å²) in [5.41, 5.74) is 7.34. The van der Waals surface area contributed by atoms with Crippen LogP contribution in [0.15, 0.2) is 53.4 Å². The van der Waals surface area contributed by atoms with Crippen LogP contribution in [0.3, 0.4) is 0 Å². The Morgan fingerprint density at radius 3 is 2.73 bits per heavy atom. The lowest BCUT2D eigenvalue weighted by Crippen LogP contribution is -2.52. The summed E-state index contributed by atoms with van der Waals surface area (Å²) in [6.07, 6.45) is 0.132. The zero-order valence-corrected chi connectivity index (χ0v) is 26.5. The molecule has 3 aromatic rings. The lowest BCUT2D eigenvalue weighted by atomic mass is 9.96. The molecule has 5 unspecified atom stereocenters. The summed E-state index contributed by atoms with van der Waals surface area (Å²) in [5.74, 6) is 0.337. The molecule has 0 spiro atoms. The molecule has 44 heavy (non-hydrogen) atoms. The number of hydrogen-bond acceptors (Lipinski definition) is 10. The second-order valence-corrected chi connectivity index (χ2v) is 15.5. The molecule has 4 N–H and O–H groups in total. The molecule has 1 aromatic heterocycles. The second kappa shape index (κ2) is 12.9. The van der Waals surface area contributed by atoms with Gasteiger partial charge in [-0.05, 0) is 55.4 Å². The number of amides is 1. The Morgan fingerprint density at radius 2 is 1.95 bits per heavy atom. The van der Waals surface area contributed by atoms with Crippen molar-refractivity contribution < 1.29 is 32.5 Å². The summed E-state index contributed by atoms with van der Waals surface area (Å²) in [6.45, 7) is 4.26. The molecule has 4 bridgehead atoms. The fourth-order valence-corrected chi connectivity index (χ4v) is 9.06. The topological polar surface area (TPSA) is 153 Å². The van der Waals surface area contributed by atoms with Crippen LogP contribution in [-0.2, 0) is 30.7 Å². The predicted octanol–water partition coefficient (Wildman–Crippen LogP) is 3.76. The molecular formula is C31H40N4O7S2. The maximum Gasteiger partial charge on any atom is 0.407 e. The molecule has 0 radical (unpaired) electrons. The smallest absolute Gasteiger partial charge is 0.407 e. The number of thiazole rings is 1. The van der Waals surface area contributed by atoms with Gasteiger partial charge in [0.15, 0.2) is 11.4 Å². The standard InChI is InChI=1S/C31H40N4O7S2/c1-18(2)15-35(44(38,39)22-10-11-23-27(14-22)43-30(32)33-23)16-25(36)24(12-19-6-4-3-5-7-19)34-31(37)42-28-21-9-8-20-13-26(28)41-29(20)40-17-21/h3-7,10-11,14,18,20-21,24-26,28-29,36H,8-9,12-13,15-17H2,1-2H3,(H2,32,33)(H,34,37)/t20?,21?,24-,25+,26?,28?,29?/m0/s1. The van der Waals surface area contributed by atoms with Crippen molar-refractivity contribution in [3.63, 3.8) is 0 Å².